The Kier molecular flexibility index (Phi) is 3.33. The molecule has 1 aromatic rings. The second-order valence-corrected chi connectivity index (χ2v) is 2.22. The van der Waals surface area contributed by atoms with Crippen LogP contribution in [-0.4, -0.2) is 18.2 Å². The van der Waals surface area contributed by atoms with Crippen molar-refractivity contribution in [1.82, 2.24) is 0 Å². The number of furan rings is 1. The van der Waals surface area contributed by atoms with Crippen molar-refractivity contribution in [3.05, 3.63) is 24.2 Å². The molecule has 0 aliphatic rings. The fraction of sp³-hybridized carbons (Fsp3) is 0.143. The molecular weight excluding hydrogens is 200 g/mol. The number of carbonyl (C=O) groups is 2. The molecule has 0 aliphatic carbocycles. The number of ether oxygens (including phenoxy) is 2. The molecular formula is C7H5ClO5. The molecule has 0 bridgehead atoms. The van der Waals surface area contributed by atoms with Gasteiger partial charge in [0, 0.05) is 11.6 Å². The lowest BCUT2D eigenvalue weighted by molar-refractivity contribution is 0.000930. The van der Waals surface area contributed by atoms with Crippen LogP contribution in [0.4, 0.5) is 4.79 Å². The van der Waals surface area contributed by atoms with E-state index in [4.69, 9.17) is 16.0 Å². The van der Waals surface area contributed by atoms with E-state index in [-0.39, 0.29) is 5.76 Å². The molecule has 5 nitrogen and oxygen atoms in total. The number of hydrogen-bond acceptors (Lipinski definition) is 5. The van der Waals surface area contributed by atoms with E-state index in [0.29, 0.717) is 0 Å². The molecule has 0 unspecified atom stereocenters. The molecule has 13 heavy (non-hydrogen) atoms. The van der Waals surface area contributed by atoms with Crippen LogP contribution in [0.3, 0.4) is 0 Å². The van der Waals surface area contributed by atoms with Gasteiger partial charge in [0.1, 0.15) is 0 Å². The lowest BCUT2D eigenvalue weighted by Gasteiger charge is -2.00. The van der Waals surface area contributed by atoms with E-state index in [1.165, 1.54) is 18.4 Å². The molecule has 0 fully saturated rings. The minimum Gasteiger partial charge on any atom is -0.457 e. The molecule has 0 N–H and O–H groups in total. The highest BCUT2D eigenvalue weighted by Gasteiger charge is 2.09. The Morgan fingerprint density at radius 3 is 2.77 bits per heavy atom. The lowest BCUT2D eigenvalue weighted by Crippen LogP contribution is -2.08. The Balaban J connectivity index is 2.31. The number of hydrogen-bond donors (Lipinski definition) is 0. The Labute approximate surface area is 78.2 Å². The zero-order chi connectivity index (χ0) is 9.68. The van der Waals surface area contributed by atoms with E-state index < -0.39 is 18.2 Å². The van der Waals surface area contributed by atoms with Crippen LogP contribution in [-0.2, 0) is 9.47 Å². The Hall–Kier alpha value is -1.49. The highest BCUT2D eigenvalue weighted by molar-refractivity contribution is 6.61. The highest BCUT2D eigenvalue weighted by Crippen LogP contribution is 2.02. The smallest absolute Gasteiger partial charge is 0.406 e. The van der Waals surface area contributed by atoms with Gasteiger partial charge in [-0.1, -0.05) is 0 Å². The maximum absolute atomic E-state index is 10.9. The van der Waals surface area contributed by atoms with Gasteiger partial charge in [0.15, 0.2) is 0 Å². The third kappa shape index (κ3) is 3.16. The fourth-order valence-electron chi connectivity index (χ4n) is 0.595. The van der Waals surface area contributed by atoms with Crippen molar-refractivity contribution >= 4 is 23.0 Å². The maximum Gasteiger partial charge on any atom is 0.406 e. The summed E-state index contributed by atoms with van der Waals surface area (Å²) in [6, 6.07) is 2.95. The van der Waals surface area contributed by atoms with E-state index in [1.54, 1.807) is 0 Å². The second kappa shape index (κ2) is 4.51. The molecule has 0 saturated carbocycles. The largest absolute Gasteiger partial charge is 0.457 e. The van der Waals surface area contributed by atoms with Gasteiger partial charge in [-0.25, -0.2) is 9.59 Å². The highest BCUT2D eigenvalue weighted by atomic mass is 35.5. The summed E-state index contributed by atoms with van der Waals surface area (Å²) < 4.78 is 13.3. The number of carbonyl (C=O) groups excluding carboxylic acids is 2. The zero-order valence-corrected chi connectivity index (χ0v) is 7.11. The van der Waals surface area contributed by atoms with Crippen molar-refractivity contribution in [3.8, 4) is 0 Å². The van der Waals surface area contributed by atoms with Crippen molar-refractivity contribution in [2.45, 2.75) is 0 Å². The average Bonchev–Trinajstić information content (AvgIpc) is 2.55. The first kappa shape index (κ1) is 9.60. The fourth-order valence-corrected chi connectivity index (χ4v) is 0.640. The van der Waals surface area contributed by atoms with Crippen molar-refractivity contribution in [1.29, 1.82) is 0 Å². The van der Waals surface area contributed by atoms with E-state index in [9.17, 15) is 9.59 Å². The first-order valence-electron chi connectivity index (χ1n) is 3.23. The van der Waals surface area contributed by atoms with Crippen LogP contribution in [0, 0.1) is 0 Å². The molecule has 0 spiro atoms. The van der Waals surface area contributed by atoms with Crippen molar-refractivity contribution in [2.24, 2.45) is 0 Å². The Morgan fingerprint density at radius 2 is 2.23 bits per heavy atom. The van der Waals surface area contributed by atoms with E-state index in [0.717, 1.165) is 0 Å². The molecule has 0 saturated heterocycles. The first-order valence-corrected chi connectivity index (χ1v) is 3.61. The lowest BCUT2D eigenvalue weighted by atomic mass is 10.5. The minimum atomic E-state index is -1.03. The standard InChI is InChI=1S/C7H5ClO5/c8-7(10)13-4-12-6(9)5-2-1-3-11-5/h1-3H,4H2. The topological polar surface area (TPSA) is 65.7 Å². The predicted octanol–water partition coefficient (Wildman–Crippen LogP) is 1.77. The monoisotopic (exact) mass is 204 g/mol. The van der Waals surface area contributed by atoms with Gasteiger partial charge in [-0.2, -0.15) is 0 Å². The molecule has 1 heterocycles. The van der Waals surface area contributed by atoms with Crippen molar-refractivity contribution in [3.63, 3.8) is 0 Å². The SMILES string of the molecule is O=C(Cl)OCOC(=O)c1ccco1. The molecule has 70 valence electrons. The van der Waals surface area contributed by atoms with Crippen LogP contribution < -0.4 is 0 Å². The summed E-state index contributed by atoms with van der Waals surface area (Å²) in [6.07, 6.45) is 1.32. The molecule has 0 aromatic carbocycles. The molecule has 6 heteroatoms. The van der Waals surface area contributed by atoms with Gasteiger partial charge >= 0.3 is 11.4 Å². The average molecular weight is 205 g/mol. The number of rotatable bonds is 3. The normalized spacial score (nSPS) is 9.31. The summed E-state index contributed by atoms with van der Waals surface area (Å²) >= 11 is 4.81. The minimum absolute atomic E-state index is 0.0330. The summed E-state index contributed by atoms with van der Waals surface area (Å²) in [6.45, 7) is -0.526. The van der Waals surface area contributed by atoms with Crippen LogP contribution in [0.2, 0.25) is 0 Å². The summed E-state index contributed by atoms with van der Waals surface area (Å²) in [4.78, 5) is 21.0. The zero-order valence-electron chi connectivity index (χ0n) is 6.36. The van der Waals surface area contributed by atoms with Crippen molar-refractivity contribution in [2.75, 3.05) is 6.79 Å². The van der Waals surface area contributed by atoms with E-state index in [1.807, 2.05) is 0 Å². The third-order valence-electron chi connectivity index (χ3n) is 1.08. The second-order valence-electron chi connectivity index (χ2n) is 1.91. The maximum atomic E-state index is 10.9. The summed E-state index contributed by atoms with van der Waals surface area (Å²) in [5.41, 5.74) is -1.03. The third-order valence-corrected chi connectivity index (χ3v) is 1.19. The van der Waals surface area contributed by atoms with Crippen LogP contribution >= 0.6 is 11.6 Å². The number of halogens is 1. The van der Waals surface area contributed by atoms with E-state index >= 15 is 0 Å². The predicted molar refractivity (Wildman–Crippen MR) is 41.3 cm³/mol. The molecule has 0 atom stereocenters. The van der Waals surface area contributed by atoms with Gasteiger partial charge in [-0.3, -0.25) is 0 Å². The van der Waals surface area contributed by atoms with Gasteiger partial charge in [-0.05, 0) is 12.1 Å². The van der Waals surface area contributed by atoms with Crippen molar-refractivity contribution < 1.29 is 23.5 Å². The summed E-state index contributed by atoms with van der Waals surface area (Å²) in [7, 11) is 0. The molecule has 0 amide bonds. The molecule has 0 radical (unpaired) electrons. The van der Waals surface area contributed by atoms with Crippen LogP contribution in [0.5, 0.6) is 0 Å². The summed E-state index contributed by atoms with van der Waals surface area (Å²) in [5, 5.41) is 0. The van der Waals surface area contributed by atoms with Gasteiger partial charge in [0.25, 0.3) is 0 Å². The first-order chi connectivity index (χ1) is 6.20. The Bertz CT molecular complexity index is 292. The van der Waals surface area contributed by atoms with Crippen LogP contribution in [0.1, 0.15) is 10.6 Å². The van der Waals surface area contributed by atoms with Crippen LogP contribution in [0.25, 0.3) is 0 Å². The van der Waals surface area contributed by atoms with Gasteiger partial charge < -0.3 is 13.9 Å². The number of esters is 1. The van der Waals surface area contributed by atoms with Crippen LogP contribution in [0.15, 0.2) is 22.8 Å². The molecule has 0 aliphatic heterocycles. The molecule has 1 aromatic heterocycles. The summed E-state index contributed by atoms with van der Waals surface area (Å²) in [5.74, 6) is -0.687. The Morgan fingerprint density at radius 1 is 1.46 bits per heavy atom. The van der Waals surface area contributed by atoms with Gasteiger partial charge in [-0.15, -0.1) is 0 Å². The van der Waals surface area contributed by atoms with Gasteiger partial charge in [0.2, 0.25) is 12.6 Å². The van der Waals surface area contributed by atoms with Gasteiger partial charge in [0.05, 0.1) is 6.26 Å². The van der Waals surface area contributed by atoms with E-state index in [2.05, 4.69) is 9.47 Å². The molecule has 1 rings (SSSR count). The quantitative estimate of drug-likeness (QED) is 0.426.